The van der Waals surface area contributed by atoms with Crippen LogP contribution in [0.5, 0.6) is 0 Å². The average Bonchev–Trinajstić information content (AvgIpc) is 2.83. The summed E-state index contributed by atoms with van der Waals surface area (Å²) >= 11 is 0. The van der Waals surface area contributed by atoms with Crippen LogP contribution in [0.1, 0.15) is 5.56 Å². The Hall–Kier alpha value is -2.32. The Kier molecular flexibility index (Phi) is 3.89. The van der Waals surface area contributed by atoms with Crippen LogP contribution >= 0.6 is 0 Å². The van der Waals surface area contributed by atoms with Crippen LogP contribution in [0.2, 0.25) is 0 Å². The fourth-order valence-corrected chi connectivity index (χ4v) is 3.50. The van der Waals surface area contributed by atoms with Gasteiger partial charge >= 0.3 is 6.18 Å². The van der Waals surface area contributed by atoms with E-state index in [1.807, 2.05) is 35.9 Å². The van der Waals surface area contributed by atoms with Gasteiger partial charge in [0.05, 0.1) is 16.0 Å². The molecule has 8 heteroatoms. The molecule has 0 aliphatic heterocycles. The maximum atomic E-state index is 12.7. The number of fused-ring (bicyclic) bond motifs is 1. The number of hydrogen-bond acceptors (Lipinski definition) is 2. The van der Waals surface area contributed by atoms with Gasteiger partial charge < -0.3 is 4.57 Å². The molecule has 1 aromatic heterocycles. The number of alkyl halides is 3. The van der Waals surface area contributed by atoms with E-state index < -0.39 is 21.7 Å². The zero-order valence-electron chi connectivity index (χ0n) is 12.6. The number of aromatic nitrogens is 1. The lowest BCUT2D eigenvalue weighted by molar-refractivity contribution is -0.137. The number of aryl methyl sites for hydroxylation is 1. The molecule has 0 radical (unpaired) electrons. The molecule has 126 valence electrons. The van der Waals surface area contributed by atoms with Gasteiger partial charge in [-0.3, -0.25) is 0 Å². The highest BCUT2D eigenvalue weighted by Gasteiger charge is 2.30. The number of nitrogens with two attached hydrogens (primary N) is 1. The summed E-state index contributed by atoms with van der Waals surface area (Å²) in [5.74, 6) is 0. The van der Waals surface area contributed by atoms with E-state index in [0.717, 1.165) is 35.2 Å². The van der Waals surface area contributed by atoms with Gasteiger partial charge in [0.15, 0.2) is 0 Å². The van der Waals surface area contributed by atoms with Crippen LogP contribution in [-0.2, 0) is 23.1 Å². The highest BCUT2D eigenvalue weighted by Crippen LogP contribution is 2.31. The summed E-state index contributed by atoms with van der Waals surface area (Å²) in [6.07, 6.45) is -2.78. The molecule has 2 N–H and O–H groups in total. The predicted octanol–water partition coefficient (Wildman–Crippen LogP) is 4.23. The van der Waals surface area contributed by atoms with E-state index in [4.69, 9.17) is 5.14 Å². The van der Waals surface area contributed by atoms with Crippen LogP contribution in [0.15, 0.2) is 64.0 Å². The molecule has 0 saturated carbocycles. The maximum absolute atomic E-state index is 12.7. The fraction of sp³-hybridized carbons (Fsp3) is 0.125. The van der Waals surface area contributed by atoms with Gasteiger partial charge in [-0.2, -0.15) is 17.5 Å². The Morgan fingerprint density at radius 2 is 1.71 bits per heavy atom. The molecule has 1 atom stereocenters. The van der Waals surface area contributed by atoms with Crippen molar-refractivity contribution < 1.29 is 17.4 Å². The normalized spacial score (nSPS) is 14.5. The first-order valence-corrected chi connectivity index (χ1v) is 8.52. The van der Waals surface area contributed by atoms with Crippen molar-refractivity contribution in [2.45, 2.75) is 11.1 Å². The van der Waals surface area contributed by atoms with Gasteiger partial charge in [0.2, 0.25) is 0 Å². The molecule has 0 saturated heterocycles. The smallest absolute Gasteiger partial charge is 0.348 e. The summed E-state index contributed by atoms with van der Waals surface area (Å²) < 4.78 is 56.4. The van der Waals surface area contributed by atoms with E-state index in [-0.39, 0.29) is 4.90 Å². The zero-order valence-corrected chi connectivity index (χ0v) is 13.4. The number of hydrogen-bond donors (Lipinski definition) is 1. The molecule has 2 aromatic carbocycles. The van der Waals surface area contributed by atoms with Gasteiger partial charge in [-0.1, -0.05) is 18.2 Å². The number of nitrogens with zero attached hydrogens (tertiary/aromatic N) is 2. The first kappa shape index (κ1) is 16.5. The minimum absolute atomic E-state index is 0.0448. The van der Waals surface area contributed by atoms with E-state index in [2.05, 4.69) is 4.36 Å². The van der Waals surface area contributed by atoms with Gasteiger partial charge in [-0.25, -0.2) is 9.35 Å². The maximum Gasteiger partial charge on any atom is 0.416 e. The molecular formula is C16H14F3N3OS. The Labute approximate surface area is 137 Å². The molecule has 4 nitrogen and oxygen atoms in total. The highest BCUT2D eigenvalue weighted by molar-refractivity contribution is 7.91. The van der Waals surface area contributed by atoms with Crippen molar-refractivity contribution in [3.8, 4) is 0 Å². The summed E-state index contributed by atoms with van der Waals surface area (Å²) in [7, 11) is -1.54. The largest absolute Gasteiger partial charge is 0.416 e. The van der Waals surface area contributed by atoms with Gasteiger partial charge in [-0.05, 0) is 30.3 Å². The van der Waals surface area contributed by atoms with E-state index >= 15 is 0 Å². The van der Waals surface area contributed by atoms with Gasteiger partial charge in [0.1, 0.15) is 15.6 Å². The minimum atomic E-state index is -4.46. The van der Waals surface area contributed by atoms with Gasteiger partial charge in [0.25, 0.3) is 0 Å². The molecule has 0 aliphatic carbocycles. The van der Waals surface area contributed by atoms with Crippen LogP contribution < -0.4 is 5.14 Å². The van der Waals surface area contributed by atoms with Crippen molar-refractivity contribution in [3.63, 3.8) is 0 Å². The van der Waals surface area contributed by atoms with Crippen molar-refractivity contribution >= 4 is 26.5 Å². The SMILES string of the molecule is Cn1cc(N=S(N)(=O)c2ccc(C(F)(F)F)cc2)c2ccccc21. The summed E-state index contributed by atoms with van der Waals surface area (Å²) in [6, 6.07) is 11.3. The average molecular weight is 353 g/mol. The Bertz CT molecular complexity index is 1010. The van der Waals surface area contributed by atoms with E-state index in [9.17, 15) is 17.4 Å². The molecule has 0 bridgehead atoms. The van der Waals surface area contributed by atoms with Crippen LogP contribution in [0, 0.1) is 0 Å². The number of rotatable bonds is 2. The number of benzene rings is 2. The molecule has 1 unspecified atom stereocenters. The van der Waals surface area contributed by atoms with Crippen LogP contribution in [0.25, 0.3) is 10.9 Å². The molecule has 0 fully saturated rings. The van der Waals surface area contributed by atoms with E-state index in [1.165, 1.54) is 0 Å². The van der Waals surface area contributed by atoms with Crippen molar-refractivity contribution in [1.82, 2.24) is 4.57 Å². The molecule has 0 aliphatic rings. The zero-order chi connectivity index (χ0) is 17.5. The number of para-hydroxylation sites is 1. The second kappa shape index (κ2) is 5.64. The quantitative estimate of drug-likeness (QED) is 0.736. The summed E-state index contributed by atoms with van der Waals surface area (Å²) in [5.41, 5.74) is 0.492. The van der Waals surface area contributed by atoms with Crippen molar-refractivity contribution in [2.24, 2.45) is 16.5 Å². The monoisotopic (exact) mass is 353 g/mol. The molecule has 3 aromatic rings. The Morgan fingerprint density at radius 1 is 1.08 bits per heavy atom. The predicted molar refractivity (Wildman–Crippen MR) is 87.0 cm³/mol. The Balaban J connectivity index is 2.09. The third kappa shape index (κ3) is 3.02. The van der Waals surface area contributed by atoms with Gasteiger partial charge in [0, 0.05) is 18.6 Å². The standard InChI is InChI=1S/C16H14F3N3OS/c1-22-10-14(13-4-2-3-5-15(13)22)21-24(20,23)12-8-6-11(7-9-12)16(17,18)19/h2-10H,1H3,(H2,20,21,23). The first-order valence-electron chi connectivity index (χ1n) is 6.95. The third-order valence-corrected chi connectivity index (χ3v) is 5.04. The van der Waals surface area contributed by atoms with E-state index in [0.29, 0.717) is 5.69 Å². The van der Waals surface area contributed by atoms with Crippen LogP contribution in [0.4, 0.5) is 18.9 Å². The summed E-state index contributed by atoms with van der Waals surface area (Å²) in [6.45, 7) is 0. The Morgan fingerprint density at radius 3 is 2.33 bits per heavy atom. The fourth-order valence-electron chi connectivity index (χ4n) is 2.43. The van der Waals surface area contributed by atoms with Gasteiger partial charge in [-0.15, -0.1) is 0 Å². The summed E-state index contributed by atoms with van der Waals surface area (Å²) in [4.78, 5) is 0.0448. The molecule has 3 rings (SSSR count). The molecule has 0 spiro atoms. The van der Waals surface area contributed by atoms with E-state index in [1.54, 1.807) is 6.20 Å². The second-order valence-corrected chi connectivity index (χ2v) is 7.12. The lowest BCUT2D eigenvalue weighted by Crippen LogP contribution is -2.13. The molecular weight excluding hydrogens is 339 g/mol. The number of halogens is 3. The van der Waals surface area contributed by atoms with Crippen LogP contribution in [-0.4, -0.2) is 8.78 Å². The molecule has 0 amide bonds. The molecule has 24 heavy (non-hydrogen) atoms. The first-order chi connectivity index (χ1) is 11.2. The third-order valence-electron chi connectivity index (χ3n) is 3.63. The minimum Gasteiger partial charge on any atom is -0.348 e. The summed E-state index contributed by atoms with van der Waals surface area (Å²) in [5, 5.41) is 6.57. The lowest BCUT2D eigenvalue weighted by atomic mass is 10.2. The second-order valence-electron chi connectivity index (χ2n) is 5.32. The van der Waals surface area contributed by atoms with Crippen molar-refractivity contribution in [2.75, 3.05) is 0 Å². The van der Waals surface area contributed by atoms with Crippen LogP contribution in [0.3, 0.4) is 0 Å². The lowest BCUT2D eigenvalue weighted by Gasteiger charge is -2.08. The molecule has 1 heterocycles. The highest BCUT2D eigenvalue weighted by atomic mass is 32.2. The van der Waals surface area contributed by atoms with Crippen molar-refractivity contribution in [3.05, 3.63) is 60.3 Å². The topological polar surface area (TPSA) is 60.4 Å². The van der Waals surface area contributed by atoms with Crippen molar-refractivity contribution in [1.29, 1.82) is 0 Å².